The van der Waals surface area contributed by atoms with Gasteiger partial charge in [-0.3, -0.25) is 14.4 Å². The van der Waals surface area contributed by atoms with Crippen molar-refractivity contribution >= 4 is 47.0 Å². The molecule has 10 nitrogen and oxygen atoms in total. The Morgan fingerprint density at radius 3 is 2.47 bits per heavy atom. The quantitative estimate of drug-likeness (QED) is 0.185. The van der Waals surface area contributed by atoms with E-state index in [-0.39, 0.29) is 23.9 Å². The molecule has 5 rings (SSSR count). The number of thioether (sulfide) groups is 2. The van der Waals surface area contributed by atoms with Gasteiger partial charge < -0.3 is 20.5 Å². The van der Waals surface area contributed by atoms with Crippen LogP contribution in [0.25, 0.3) is 5.69 Å². The maximum Gasteiger partial charge on any atom is 0.322 e. The normalized spacial score (nSPS) is 23.5. The summed E-state index contributed by atoms with van der Waals surface area (Å²) in [6.45, 7) is -0.0184. The Morgan fingerprint density at radius 2 is 1.81 bits per heavy atom. The van der Waals surface area contributed by atoms with Crippen LogP contribution < -0.4 is 5.32 Å². The van der Waals surface area contributed by atoms with Crippen molar-refractivity contribution in [1.29, 1.82) is 0 Å². The van der Waals surface area contributed by atoms with Crippen molar-refractivity contribution in [1.82, 2.24) is 20.0 Å². The molecule has 3 N–H and O–H groups in total. The molecule has 3 heterocycles. The highest BCUT2D eigenvalue weighted by molar-refractivity contribution is 8.05. The van der Waals surface area contributed by atoms with Crippen molar-refractivity contribution in [3.8, 4) is 5.69 Å². The number of carbonyl (C=O) groups is 3. The van der Waals surface area contributed by atoms with Gasteiger partial charge in [-0.1, -0.05) is 65.4 Å². The van der Waals surface area contributed by atoms with Gasteiger partial charge in [-0.05, 0) is 18.2 Å². The first-order valence-electron chi connectivity index (χ1n) is 11.0. The van der Waals surface area contributed by atoms with Crippen LogP contribution in [0.5, 0.6) is 0 Å². The van der Waals surface area contributed by atoms with Gasteiger partial charge in [0.1, 0.15) is 21.2 Å². The third-order valence-electron chi connectivity index (χ3n) is 6.00. The molecule has 2 aliphatic heterocycles. The van der Waals surface area contributed by atoms with Gasteiger partial charge in [-0.25, -0.2) is 4.68 Å². The van der Waals surface area contributed by atoms with Crippen LogP contribution in [-0.2, 0) is 14.4 Å². The topological polar surface area (TPSA) is 137 Å². The number of hydrogen-bond acceptors (Lipinski definition) is 8. The number of oxime groups is 1. The number of aliphatic carboxylic acids is 1. The first-order valence-corrected chi connectivity index (χ1v) is 12.8. The molecular weight excluding hydrogens is 502 g/mol. The highest BCUT2D eigenvalue weighted by Gasteiger charge is 2.58. The highest BCUT2D eigenvalue weighted by Crippen LogP contribution is 2.46. The molecule has 0 aliphatic carbocycles. The second-order valence-corrected chi connectivity index (χ2v) is 10.8. The predicted octanol–water partition coefficient (Wildman–Crippen LogP) is 2.07. The minimum absolute atomic E-state index is 0.0184. The maximum absolute atomic E-state index is 13.0. The number of β-lactam (4-membered cyclic amide) rings is 1. The van der Waals surface area contributed by atoms with Crippen LogP contribution in [0.2, 0.25) is 0 Å². The number of para-hydroxylation sites is 1. The highest BCUT2D eigenvalue weighted by atomic mass is 32.2. The summed E-state index contributed by atoms with van der Waals surface area (Å²) < 4.78 is 0.381. The first-order chi connectivity index (χ1) is 17.4. The Hall–Kier alpha value is -3.77. The molecular formula is C24H21N5O5S2. The number of amides is 2. The molecule has 1 aromatic heterocycles. The van der Waals surface area contributed by atoms with Crippen molar-refractivity contribution in [3.63, 3.8) is 0 Å². The molecule has 1 unspecified atom stereocenters. The Bertz CT molecular complexity index is 1330. The number of carboxylic acids is 1. The van der Waals surface area contributed by atoms with E-state index in [1.165, 1.54) is 16.7 Å². The largest absolute Gasteiger partial charge is 0.480 e. The average molecular weight is 524 g/mol. The van der Waals surface area contributed by atoms with Crippen LogP contribution in [0.1, 0.15) is 5.56 Å². The first kappa shape index (κ1) is 23.9. The van der Waals surface area contributed by atoms with E-state index >= 15 is 0 Å². The minimum atomic E-state index is -1.29. The third-order valence-corrected chi connectivity index (χ3v) is 9.07. The molecule has 2 amide bonds. The summed E-state index contributed by atoms with van der Waals surface area (Å²) in [5.41, 5.74) is 1.01. The number of carbonyl (C=O) groups excluding carboxylic acids is 2. The van der Waals surface area contributed by atoms with Crippen LogP contribution in [0.15, 0.2) is 83.1 Å². The molecule has 3 atom stereocenters. The lowest BCUT2D eigenvalue weighted by Crippen LogP contribution is -2.74. The molecule has 0 bridgehead atoms. The summed E-state index contributed by atoms with van der Waals surface area (Å²) in [4.78, 5) is 39.6. The van der Waals surface area contributed by atoms with E-state index in [9.17, 15) is 24.7 Å². The number of nitrogens with zero attached hydrogens (tertiary/aromatic N) is 4. The van der Waals surface area contributed by atoms with E-state index in [1.807, 2.05) is 30.3 Å². The standard InChI is InChI=1S/C24H21N5O5S2/c30-20(18(27-34)15-7-3-1-4-8-15)26-19-21(31)28-13-24(23(32)33,14-35-22(19)28)36-17-11-12-25-29(17)16-9-5-2-6-10-16/h1-12,19,22,34H,13-14H2,(H,26,30)(H,32,33)/t19-,22-,24?/m1/s1. The minimum Gasteiger partial charge on any atom is -0.480 e. The Labute approximate surface area is 214 Å². The number of hydrogen-bond donors (Lipinski definition) is 3. The van der Waals surface area contributed by atoms with Gasteiger partial charge in [0.25, 0.3) is 5.91 Å². The van der Waals surface area contributed by atoms with Gasteiger partial charge in [-0.2, -0.15) is 5.10 Å². The average Bonchev–Trinajstić information content (AvgIpc) is 3.36. The Balaban J connectivity index is 1.30. The Morgan fingerprint density at radius 1 is 1.11 bits per heavy atom. The number of benzene rings is 2. The summed E-state index contributed by atoms with van der Waals surface area (Å²) in [5.74, 6) is -1.88. The van der Waals surface area contributed by atoms with Crippen molar-refractivity contribution in [3.05, 3.63) is 78.5 Å². The van der Waals surface area contributed by atoms with E-state index in [0.717, 1.165) is 17.4 Å². The molecule has 184 valence electrons. The number of rotatable bonds is 7. The molecule has 2 fully saturated rings. The summed E-state index contributed by atoms with van der Waals surface area (Å²) >= 11 is 2.45. The molecule has 2 saturated heterocycles. The number of carboxylic acid groups (broad SMARTS) is 1. The molecule has 36 heavy (non-hydrogen) atoms. The Kier molecular flexibility index (Phi) is 6.46. The molecule has 0 saturated carbocycles. The molecule has 2 aromatic carbocycles. The number of aromatic nitrogens is 2. The fourth-order valence-electron chi connectivity index (χ4n) is 4.16. The van der Waals surface area contributed by atoms with Crippen LogP contribution in [-0.4, -0.2) is 76.9 Å². The molecule has 0 spiro atoms. The van der Waals surface area contributed by atoms with E-state index in [4.69, 9.17) is 0 Å². The summed E-state index contributed by atoms with van der Waals surface area (Å²) in [6.07, 6.45) is 1.61. The van der Waals surface area contributed by atoms with E-state index in [0.29, 0.717) is 10.6 Å². The summed E-state index contributed by atoms with van der Waals surface area (Å²) in [6, 6.07) is 18.7. The summed E-state index contributed by atoms with van der Waals surface area (Å²) in [5, 5.41) is 29.9. The second kappa shape index (κ2) is 9.70. The summed E-state index contributed by atoms with van der Waals surface area (Å²) in [7, 11) is 0. The van der Waals surface area contributed by atoms with Crippen LogP contribution in [0.4, 0.5) is 0 Å². The number of fused-ring (bicyclic) bond motifs is 1. The van der Waals surface area contributed by atoms with Gasteiger partial charge in [0.05, 0.1) is 11.9 Å². The van der Waals surface area contributed by atoms with Crippen LogP contribution in [0, 0.1) is 0 Å². The van der Waals surface area contributed by atoms with Crippen molar-refractivity contribution in [2.75, 3.05) is 12.3 Å². The SMILES string of the molecule is O=C(N[C@@H]1C(=O)N2CC(Sc3ccnn3-c3ccccc3)(C(=O)O)CS[C@H]12)C(=NO)c1ccccc1. The van der Waals surface area contributed by atoms with Crippen LogP contribution in [0.3, 0.4) is 0 Å². The molecule has 2 aliphatic rings. The van der Waals surface area contributed by atoms with Crippen LogP contribution >= 0.6 is 23.5 Å². The monoisotopic (exact) mass is 523 g/mol. The van der Waals surface area contributed by atoms with Crippen molar-refractivity contribution in [2.24, 2.45) is 5.16 Å². The number of nitrogens with one attached hydrogen (secondary N) is 1. The van der Waals surface area contributed by atoms with Gasteiger partial charge in [0.15, 0.2) is 5.71 Å². The lowest BCUT2D eigenvalue weighted by Gasteiger charge is -2.53. The van der Waals surface area contributed by atoms with E-state index < -0.39 is 28.0 Å². The molecule has 12 heteroatoms. The predicted molar refractivity (Wildman–Crippen MR) is 134 cm³/mol. The van der Waals surface area contributed by atoms with Gasteiger partial charge in [0, 0.05) is 17.9 Å². The zero-order valence-corrected chi connectivity index (χ0v) is 20.4. The fraction of sp³-hybridized carbons (Fsp3) is 0.208. The third kappa shape index (κ3) is 4.22. The smallest absolute Gasteiger partial charge is 0.322 e. The molecule has 3 aromatic rings. The fourth-order valence-corrected chi connectivity index (χ4v) is 7.05. The van der Waals surface area contributed by atoms with E-state index in [2.05, 4.69) is 15.6 Å². The maximum atomic E-state index is 13.0. The lowest BCUT2D eigenvalue weighted by atomic mass is 10.0. The van der Waals surface area contributed by atoms with E-state index in [1.54, 1.807) is 47.3 Å². The lowest BCUT2D eigenvalue weighted by molar-refractivity contribution is -0.151. The molecule has 0 radical (unpaired) electrons. The van der Waals surface area contributed by atoms with Crippen molar-refractivity contribution in [2.45, 2.75) is 21.2 Å². The zero-order valence-electron chi connectivity index (χ0n) is 18.7. The van der Waals surface area contributed by atoms with Gasteiger partial charge in [-0.15, -0.1) is 11.8 Å². The zero-order chi connectivity index (χ0) is 25.3. The van der Waals surface area contributed by atoms with Gasteiger partial charge in [0.2, 0.25) is 5.91 Å². The second-order valence-electron chi connectivity index (χ2n) is 8.25. The van der Waals surface area contributed by atoms with Gasteiger partial charge >= 0.3 is 5.97 Å². The van der Waals surface area contributed by atoms with Crippen molar-refractivity contribution < 1.29 is 24.7 Å².